The van der Waals surface area contributed by atoms with Crippen molar-refractivity contribution in [2.24, 2.45) is 0 Å². The molecule has 4 heteroatoms. The fraction of sp³-hybridized carbons (Fsp3) is 0. The third-order valence-corrected chi connectivity index (χ3v) is 3.14. The molecule has 0 aliphatic heterocycles. The first-order valence-corrected chi connectivity index (χ1v) is 6.76. The van der Waals surface area contributed by atoms with Crippen LogP contribution in [0.25, 0.3) is 6.08 Å². The summed E-state index contributed by atoms with van der Waals surface area (Å²) in [6.07, 6.45) is 3.94. The maximum Gasteiger partial charge on any atom is 0.248 e. The van der Waals surface area contributed by atoms with Crippen LogP contribution in [0.15, 0.2) is 59.1 Å². The predicted octanol–water partition coefficient (Wildman–Crippen LogP) is 3.91. The summed E-state index contributed by atoms with van der Waals surface area (Å²) in [5.41, 5.74) is 2.21. The smallest absolute Gasteiger partial charge is 0.248 e. The average Bonchev–Trinajstić information content (AvgIpc) is 2.48. The molecule has 0 atom stereocenters. The van der Waals surface area contributed by atoms with Gasteiger partial charge in [0.1, 0.15) is 6.29 Å². The van der Waals surface area contributed by atoms with Crippen molar-refractivity contribution in [2.45, 2.75) is 0 Å². The monoisotopic (exact) mass is 329 g/mol. The van der Waals surface area contributed by atoms with Crippen molar-refractivity contribution in [3.8, 4) is 0 Å². The number of hydrogen-bond acceptors (Lipinski definition) is 2. The van der Waals surface area contributed by atoms with Crippen LogP contribution in [0.1, 0.15) is 15.9 Å². The summed E-state index contributed by atoms with van der Waals surface area (Å²) in [6, 6.07) is 14.3. The Kier molecular flexibility index (Phi) is 4.85. The van der Waals surface area contributed by atoms with Crippen LogP contribution in [0.5, 0.6) is 0 Å². The van der Waals surface area contributed by atoms with Gasteiger partial charge in [-0.05, 0) is 35.9 Å². The number of hydrogen-bond donors (Lipinski definition) is 1. The van der Waals surface area contributed by atoms with Gasteiger partial charge in [-0.2, -0.15) is 0 Å². The molecular formula is C16H12BrNO2. The lowest BCUT2D eigenvalue weighted by atomic mass is 10.1. The van der Waals surface area contributed by atoms with Crippen molar-refractivity contribution in [2.75, 3.05) is 5.32 Å². The van der Waals surface area contributed by atoms with E-state index in [2.05, 4.69) is 21.2 Å². The third-order valence-electron chi connectivity index (χ3n) is 2.61. The van der Waals surface area contributed by atoms with Gasteiger partial charge in [0.2, 0.25) is 5.91 Å². The van der Waals surface area contributed by atoms with E-state index in [4.69, 9.17) is 0 Å². The molecule has 0 unspecified atom stereocenters. The van der Waals surface area contributed by atoms with Gasteiger partial charge in [-0.25, -0.2) is 0 Å². The van der Waals surface area contributed by atoms with Crippen LogP contribution in [-0.2, 0) is 4.79 Å². The molecule has 0 heterocycles. The molecule has 3 nitrogen and oxygen atoms in total. The SMILES string of the molecule is O=Cc1ccc(C=CC(=O)Nc2ccc(Br)cc2)cc1. The fourth-order valence-electron chi connectivity index (χ4n) is 1.57. The fourth-order valence-corrected chi connectivity index (χ4v) is 1.84. The van der Waals surface area contributed by atoms with Gasteiger partial charge in [0.05, 0.1) is 0 Å². The van der Waals surface area contributed by atoms with Gasteiger partial charge in [0.15, 0.2) is 0 Å². The van der Waals surface area contributed by atoms with Crippen molar-refractivity contribution in [3.63, 3.8) is 0 Å². The molecule has 0 saturated carbocycles. The van der Waals surface area contributed by atoms with Crippen molar-refractivity contribution in [1.82, 2.24) is 0 Å². The second-order valence-electron chi connectivity index (χ2n) is 4.11. The summed E-state index contributed by atoms with van der Waals surface area (Å²) >= 11 is 3.33. The number of halogens is 1. The summed E-state index contributed by atoms with van der Waals surface area (Å²) in [5, 5.41) is 2.76. The first kappa shape index (κ1) is 14.2. The minimum absolute atomic E-state index is 0.202. The van der Waals surface area contributed by atoms with E-state index >= 15 is 0 Å². The van der Waals surface area contributed by atoms with Crippen LogP contribution < -0.4 is 5.32 Å². The van der Waals surface area contributed by atoms with Crippen LogP contribution in [0.3, 0.4) is 0 Å². The molecule has 0 radical (unpaired) electrons. The third kappa shape index (κ3) is 4.17. The quantitative estimate of drug-likeness (QED) is 0.682. The van der Waals surface area contributed by atoms with Crippen LogP contribution >= 0.6 is 15.9 Å². The molecule has 2 aromatic rings. The van der Waals surface area contributed by atoms with Gasteiger partial charge in [-0.15, -0.1) is 0 Å². The highest BCUT2D eigenvalue weighted by molar-refractivity contribution is 9.10. The Morgan fingerprint density at radius 1 is 0.950 bits per heavy atom. The van der Waals surface area contributed by atoms with Gasteiger partial charge in [-0.3, -0.25) is 9.59 Å². The summed E-state index contributed by atoms with van der Waals surface area (Å²) in [6.45, 7) is 0. The van der Waals surface area contributed by atoms with Gasteiger partial charge >= 0.3 is 0 Å². The Morgan fingerprint density at radius 3 is 2.15 bits per heavy atom. The number of aldehydes is 1. The molecular weight excluding hydrogens is 318 g/mol. The van der Waals surface area contributed by atoms with Crippen molar-refractivity contribution in [1.29, 1.82) is 0 Å². The molecule has 0 fully saturated rings. The largest absolute Gasteiger partial charge is 0.323 e. The molecule has 1 N–H and O–H groups in total. The molecule has 2 aromatic carbocycles. The molecule has 20 heavy (non-hydrogen) atoms. The number of carbonyl (C=O) groups excluding carboxylic acids is 2. The zero-order valence-electron chi connectivity index (χ0n) is 10.5. The minimum atomic E-state index is -0.202. The number of amides is 1. The highest BCUT2D eigenvalue weighted by Gasteiger charge is 1.97. The van der Waals surface area contributed by atoms with Gasteiger partial charge in [0.25, 0.3) is 0 Å². The second kappa shape index (κ2) is 6.82. The molecule has 100 valence electrons. The molecule has 2 rings (SSSR count). The molecule has 0 aliphatic carbocycles. The Hall–Kier alpha value is -2.20. The Morgan fingerprint density at radius 2 is 1.55 bits per heavy atom. The van der Waals surface area contributed by atoms with Crippen LogP contribution in [0.2, 0.25) is 0 Å². The molecule has 0 saturated heterocycles. The van der Waals surface area contributed by atoms with Crippen LogP contribution in [-0.4, -0.2) is 12.2 Å². The lowest BCUT2D eigenvalue weighted by Gasteiger charge is -2.01. The Bertz CT molecular complexity index is 631. The maximum atomic E-state index is 11.7. The zero-order valence-corrected chi connectivity index (χ0v) is 12.1. The summed E-state index contributed by atoms with van der Waals surface area (Å²) in [7, 11) is 0. The molecule has 0 bridgehead atoms. The average molecular weight is 330 g/mol. The highest BCUT2D eigenvalue weighted by Crippen LogP contribution is 2.14. The van der Waals surface area contributed by atoms with E-state index in [1.54, 1.807) is 30.3 Å². The number of rotatable bonds is 4. The van der Waals surface area contributed by atoms with Gasteiger partial charge < -0.3 is 5.32 Å². The van der Waals surface area contributed by atoms with Crippen molar-refractivity contribution >= 4 is 39.9 Å². The maximum absolute atomic E-state index is 11.7. The van der Waals surface area contributed by atoms with Crippen LogP contribution in [0.4, 0.5) is 5.69 Å². The van der Waals surface area contributed by atoms with E-state index in [-0.39, 0.29) is 5.91 Å². The Balaban J connectivity index is 1.97. The summed E-state index contributed by atoms with van der Waals surface area (Å²) in [4.78, 5) is 22.3. The lowest BCUT2D eigenvalue weighted by molar-refractivity contribution is -0.111. The number of carbonyl (C=O) groups is 2. The van der Waals surface area contributed by atoms with Crippen molar-refractivity contribution < 1.29 is 9.59 Å². The minimum Gasteiger partial charge on any atom is -0.323 e. The number of nitrogens with one attached hydrogen (secondary N) is 1. The molecule has 1 amide bonds. The normalized spacial score (nSPS) is 10.4. The standard InChI is InChI=1S/C16H12BrNO2/c17-14-6-8-15(9-7-14)18-16(20)10-5-12-1-3-13(11-19)4-2-12/h1-11H,(H,18,20). The first-order chi connectivity index (χ1) is 9.67. The van der Waals surface area contributed by atoms with E-state index in [1.165, 1.54) is 6.08 Å². The topological polar surface area (TPSA) is 46.2 Å². The number of benzene rings is 2. The second-order valence-corrected chi connectivity index (χ2v) is 5.03. The first-order valence-electron chi connectivity index (χ1n) is 5.97. The molecule has 0 spiro atoms. The van der Waals surface area contributed by atoms with Gasteiger partial charge in [0, 0.05) is 21.8 Å². The number of anilines is 1. The predicted molar refractivity (Wildman–Crippen MR) is 83.6 cm³/mol. The lowest BCUT2D eigenvalue weighted by Crippen LogP contribution is -2.07. The van der Waals surface area contributed by atoms with E-state index in [0.29, 0.717) is 5.56 Å². The van der Waals surface area contributed by atoms with Gasteiger partial charge in [-0.1, -0.05) is 40.2 Å². The molecule has 0 aromatic heterocycles. The summed E-state index contributed by atoms with van der Waals surface area (Å²) < 4.78 is 0.960. The Labute approximate surface area is 125 Å². The van der Waals surface area contributed by atoms with E-state index in [1.807, 2.05) is 24.3 Å². The zero-order chi connectivity index (χ0) is 14.4. The summed E-state index contributed by atoms with van der Waals surface area (Å²) in [5.74, 6) is -0.202. The van der Waals surface area contributed by atoms with Crippen molar-refractivity contribution in [3.05, 3.63) is 70.2 Å². The van der Waals surface area contributed by atoms with E-state index in [0.717, 1.165) is 22.0 Å². The van der Waals surface area contributed by atoms with Crippen LogP contribution in [0, 0.1) is 0 Å². The van der Waals surface area contributed by atoms with E-state index in [9.17, 15) is 9.59 Å². The van der Waals surface area contributed by atoms with E-state index < -0.39 is 0 Å². The molecule has 0 aliphatic rings. The highest BCUT2D eigenvalue weighted by atomic mass is 79.9.